The molecule has 1 aromatic rings. The summed E-state index contributed by atoms with van der Waals surface area (Å²) >= 11 is 1.78. The van der Waals surface area contributed by atoms with Crippen molar-refractivity contribution in [3.8, 4) is 0 Å². The van der Waals surface area contributed by atoms with Crippen LogP contribution in [0.1, 0.15) is 30.7 Å². The molecular formula is C14H21NO3S. The molecule has 2 saturated heterocycles. The van der Waals surface area contributed by atoms with Crippen LogP contribution < -0.4 is 5.32 Å². The Hall–Kier alpha value is -0.460. The van der Waals surface area contributed by atoms with Crippen LogP contribution in [0.2, 0.25) is 0 Å². The van der Waals surface area contributed by atoms with Crippen LogP contribution in [-0.2, 0) is 14.2 Å². The number of thiophene rings is 1. The van der Waals surface area contributed by atoms with Crippen LogP contribution in [-0.4, -0.2) is 38.3 Å². The molecule has 0 bridgehead atoms. The number of hydrogen-bond donors (Lipinski definition) is 1. The molecule has 1 spiro atoms. The van der Waals surface area contributed by atoms with Crippen molar-refractivity contribution >= 4 is 11.3 Å². The van der Waals surface area contributed by atoms with Gasteiger partial charge in [0.15, 0.2) is 5.79 Å². The van der Waals surface area contributed by atoms with E-state index in [1.54, 1.807) is 11.3 Å². The second-order valence-corrected chi connectivity index (χ2v) is 6.20. The Morgan fingerprint density at radius 2 is 2.32 bits per heavy atom. The fourth-order valence-electron chi connectivity index (χ4n) is 2.61. The van der Waals surface area contributed by atoms with Crippen molar-refractivity contribution in [1.82, 2.24) is 5.32 Å². The third-order valence-corrected chi connectivity index (χ3v) is 4.85. The summed E-state index contributed by atoms with van der Waals surface area (Å²) in [6.45, 7) is 5.19. The monoisotopic (exact) mass is 283 g/mol. The molecule has 0 radical (unpaired) electrons. The fourth-order valence-corrected chi connectivity index (χ4v) is 3.37. The molecule has 2 aliphatic heterocycles. The maximum atomic E-state index is 6.10. The highest BCUT2D eigenvalue weighted by atomic mass is 32.1. The van der Waals surface area contributed by atoms with Gasteiger partial charge in [0, 0.05) is 30.3 Å². The van der Waals surface area contributed by atoms with Crippen molar-refractivity contribution in [3.63, 3.8) is 0 Å². The lowest BCUT2D eigenvalue weighted by Crippen LogP contribution is -2.39. The molecule has 0 amide bonds. The van der Waals surface area contributed by atoms with E-state index in [9.17, 15) is 0 Å². The molecule has 0 aliphatic carbocycles. The molecule has 3 heterocycles. The Morgan fingerprint density at radius 1 is 1.47 bits per heavy atom. The second-order valence-electron chi connectivity index (χ2n) is 5.22. The lowest BCUT2D eigenvalue weighted by atomic mass is 10.1. The van der Waals surface area contributed by atoms with Gasteiger partial charge in [-0.25, -0.2) is 0 Å². The van der Waals surface area contributed by atoms with Gasteiger partial charge in [-0.05, 0) is 18.4 Å². The quantitative estimate of drug-likeness (QED) is 0.920. The number of nitrogens with one attached hydrogen (secondary N) is 1. The van der Waals surface area contributed by atoms with Crippen molar-refractivity contribution in [2.75, 3.05) is 26.4 Å². The first-order chi connectivity index (χ1) is 9.27. The zero-order valence-electron chi connectivity index (χ0n) is 11.3. The molecule has 2 fully saturated rings. The molecule has 0 unspecified atom stereocenters. The van der Waals surface area contributed by atoms with E-state index in [1.165, 1.54) is 4.88 Å². The predicted molar refractivity (Wildman–Crippen MR) is 74.3 cm³/mol. The maximum Gasteiger partial charge on any atom is 0.173 e. The molecule has 106 valence electrons. The van der Waals surface area contributed by atoms with Crippen molar-refractivity contribution in [1.29, 1.82) is 0 Å². The topological polar surface area (TPSA) is 39.7 Å². The van der Waals surface area contributed by atoms with Crippen molar-refractivity contribution in [3.05, 3.63) is 22.4 Å². The molecule has 19 heavy (non-hydrogen) atoms. The van der Waals surface area contributed by atoms with E-state index in [0.717, 1.165) is 32.6 Å². The molecule has 5 heteroatoms. The number of hydrogen-bond acceptors (Lipinski definition) is 5. The van der Waals surface area contributed by atoms with E-state index in [0.29, 0.717) is 12.6 Å². The molecule has 0 saturated carbocycles. The first kappa shape index (κ1) is 13.5. The normalized spacial score (nSPS) is 27.7. The molecule has 0 aromatic carbocycles. The third kappa shape index (κ3) is 3.17. The minimum atomic E-state index is -0.364. The molecular weight excluding hydrogens is 262 g/mol. The van der Waals surface area contributed by atoms with E-state index in [4.69, 9.17) is 14.2 Å². The van der Waals surface area contributed by atoms with Gasteiger partial charge in [-0.15, -0.1) is 11.3 Å². The van der Waals surface area contributed by atoms with Crippen LogP contribution in [0, 0.1) is 0 Å². The Balaban J connectivity index is 1.47. The van der Waals surface area contributed by atoms with Crippen LogP contribution in [0.3, 0.4) is 0 Å². The summed E-state index contributed by atoms with van der Waals surface area (Å²) in [5, 5.41) is 5.63. The summed E-state index contributed by atoms with van der Waals surface area (Å²) in [4.78, 5) is 1.36. The Morgan fingerprint density at radius 3 is 3.05 bits per heavy atom. The van der Waals surface area contributed by atoms with Gasteiger partial charge in [0.05, 0.1) is 25.9 Å². The van der Waals surface area contributed by atoms with Crippen molar-refractivity contribution in [2.45, 2.75) is 37.7 Å². The SMILES string of the molecule is C[C@H](NC[C@@H]1COC2(CCOCC2)O1)c1cccs1. The highest BCUT2D eigenvalue weighted by molar-refractivity contribution is 7.10. The zero-order chi connectivity index (χ0) is 13.1. The van der Waals surface area contributed by atoms with Crippen LogP contribution >= 0.6 is 11.3 Å². The van der Waals surface area contributed by atoms with E-state index in [1.807, 2.05) is 0 Å². The van der Waals surface area contributed by atoms with Gasteiger partial charge in [-0.2, -0.15) is 0 Å². The van der Waals surface area contributed by atoms with Crippen LogP contribution in [0.15, 0.2) is 17.5 Å². The van der Waals surface area contributed by atoms with Gasteiger partial charge >= 0.3 is 0 Å². The van der Waals surface area contributed by atoms with E-state index < -0.39 is 0 Å². The first-order valence-corrected chi connectivity index (χ1v) is 7.82. The lowest BCUT2D eigenvalue weighted by molar-refractivity contribution is -0.210. The largest absolute Gasteiger partial charge is 0.381 e. The highest BCUT2D eigenvalue weighted by Crippen LogP contribution is 2.33. The van der Waals surface area contributed by atoms with E-state index >= 15 is 0 Å². The number of rotatable bonds is 4. The Labute approximate surface area is 118 Å². The van der Waals surface area contributed by atoms with Gasteiger partial charge < -0.3 is 19.5 Å². The van der Waals surface area contributed by atoms with Crippen molar-refractivity contribution < 1.29 is 14.2 Å². The third-order valence-electron chi connectivity index (χ3n) is 3.79. The molecule has 2 atom stereocenters. The fraction of sp³-hybridized carbons (Fsp3) is 0.714. The van der Waals surface area contributed by atoms with Gasteiger partial charge in [-0.1, -0.05) is 6.07 Å². The molecule has 3 rings (SSSR count). The molecule has 2 aliphatic rings. The van der Waals surface area contributed by atoms with Crippen LogP contribution in [0.5, 0.6) is 0 Å². The maximum absolute atomic E-state index is 6.10. The van der Waals surface area contributed by atoms with Crippen LogP contribution in [0.25, 0.3) is 0 Å². The van der Waals surface area contributed by atoms with Crippen molar-refractivity contribution in [2.24, 2.45) is 0 Å². The summed E-state index contributed by atoms with van der Waals surface area (Å²) in [7, 11) is 0. The highest BCUT2D eigenvalue weighted by Gasteiger charge is 2.42. The summed E-state index contributed by atoms with van der Waals surface area (Å²) < 4.78 is 17.3. The van der Waals surface area contributed by atoms with Gasteiger partial charge in [0.2, 0.25) is 0 Å². The van der Waals surface area contributed by atoms with Crippen LogP contribution in [0.4, 0.5) is 0 Å². The minimum absolute atomic E-state index is 0.153. The number of ether oxygens (including phenoxy) is 3. The summed E-state index contributed by atoms with van der Waals surface area (Å²) in [5.74, 6) is -0.364. The second kappa shape index (κ2) is 5.89. The van der Waals surface area contributed by atoms with Gasteiger partial charge in [0.25, 0.3) is 0 Å². The first-order valence-electron chi connectivity index (χ1n) is 6.94. The lowest BCUT2D eigenvalue weighted by Gasteiger charge is -2.31. The molecule has 1 N–H and O–H groups in total. The predicted octanol–water partition coefficient (Wildman–Crippen LogP) is 2.32. The summed E-state index contributed by atoms with van der Waals surface area (Å²) in [6, 6.07) is 4.62. The molecule has 4 nitrogen and oxygen atoms in total. The van der Waals surface area contributed by atoms with Gasteiger partial charge in [0.1, 0.15) is 0 Å². The smallest absolute Gasteiger partial charge is 0.173 e. The standard InChI is InChI=1S/C14H21NO3S/c1-11(13-3-2-8-19-13)15-9-12-10-17-14(18-12)4-6-16-7-5-14/h2-3,8,11-12,15H,4-7,9-10H2,1H3/t11-,12+/m0/s1. The van der Waals surface area contributed by atoms with E-state index in [2.05, 4.69) is 29.8 Å². The molecule has 1 aromatic heterocycles. The summed E-state index contributed by atoms with van der Waals surface area (Å²) in [5.41, 5.74) is 0. The average molecular weight is 283 g/mol. The average Bonchev–Trinajstić information content (AvgIpc) is 3.08. The summed E-state index contributed by atoms with van der Waals surface area (Å²) in [6.07, 6.45) is 1.86. The minimum Gasteiger partial charge on any atom is -0.381 e. The van der Waals surface area contributed by atoms with Gasteiger partial charge in [-0.3, -0.25) is 0 Å². The van der Waals surface area contributed by atoms with E-state index in [-0.39, 0.29) is 11.9 Å². The Kier molecular flexibility index (Phi) is 4.19. The zero-order valence-corrected chi connectivity index (χ0v) is 12.1. The Bertz CT molecular complexity index is 389.